The molecule has 28 heavy (non-hydrogen) atoms. The van der Waals surface area contributed by atoms with Gasteiger partial charge in [0.15, 0.2) is 0 Å². The Morgan fingerprint density at radius 3 is 2.36 bits per heavy atom. The molecule has 6 nitrogen and oxygen atoms in total. The van der Waals surface area contributed by atoms with Crippen molar-refractivity contribution in [1.29, 1.82) is 0 Å². The third-order valence-corrected chi connectivity index (χ3v) is 4.23. The van der Waals surface area contributed by atoms with Gasteiger partial charge in [-0.2, -0.15) is 0 Å². The summed E-state index contributed by atoms with van der Waals surface area (Å²) in [5.41, 5.74) is 7.51. The maximum absolute atomic E-state index is 12.8. The number of rotatable bonds is 9. The number of hydrogen-bond acceptors (Lipinski definition) is 4. The molecular formula is C22H29N3O3. The Morgan fingerprint density at radius 1 is 1.07 bits per heavy atom. The number of nitrogens with one attached hydrogen (secondary N) is 2. The highest BCUT2D eigenvalue weighted by Crippen LogP contribution is 2.17. The second-order valence-electron chi connectivity index (χ2n) is 7.12. The average molecular weight is 383 g/mol. The minimum atomic E-state index is -0.625. The number of benzene rings is 2. The average Bonchev–Trinajstić information content (AvgIpc) is 2.66. The highest BCUT2D eigenvalue weighted by Gasteiger charge is 2.23. The lowest BCUT2D eigenvalue weighted by Crippen LogP contribution is -2.44. The molecule has 6 heteroatoms. The van der Waals surface area contributed by atoms with Gasteiger partial charge in [-0.25, -0.2) is 0 Å². The van der Waals surface area contributed by atoms with Gasteiger partial charge in [0.25, 0.3) is 5.91 Å². The van der Waals surface area contributed by atoms with Gasteiger partial charge >= 0.3 is 0 Å². The standard InChI is InChI=1S/C22H29N3O3/c1-15(2)14-20(25-21(26)19-7-5-4-6-16(19)3)22(27)24-17-8-10-18(11-9-17)28-13-12-23/h4-11,15,20H,12-14,23H2,1-3H3,(H,24,27)(H,25,26). The molecule has 4 N–H and O–H groups in total. The Balaban J connectivity index is 2.06. The number of carbonyl (C=O) groups excluding carboxylic acids is 2. The molecule has 0 saturated carbocycles. The summed E-state index contributed by atoms with van der Waals surface area (Å²) in [6.07, 6.45) is 0.543. The molecule has 0 aliphatic carbocycles. The Morgan fingerprint density at radius 2 is 1.75 bits per heavy atom. The van der Waals surface area contributed by atoms with Crippen molar-refractivity contribution in [1.82, 2.24) is 5.32 Å². The van der Waals surface area contributed by atoms with E-state index in [0.717, 1.165) is 5.56 Å². The van der Waals surface area contributed by atoms with Gasteiger partial charge in [-0.15, -0.1) is 0 Å². The first-order valence-corrected chi connectivity index (χ1v) is 9.51. The maximum Gasteiger partial charge on any atom is 0.252 e. The largest absolute Gasteiger partial charge is 0.492 e. The van der Waals surface area contributed by atoms with Crippen LogP contribution in [0.4, 0.5) is 5.69 Å². The normalized spacial score (nSPS) is 11.8. The van der Waals surface area contributed by atoms with Gasteiger partial charge in [-0.1, -0.05) is 32.0 Å². The van der Waals surface area contributed by atoms with Gasteiger partial charge in [0.1, 0.15) is 18.4 Å². The van der Waals surface area contributed by atoms with Crippen LogP contribution in [0.25, 0.3) is 0 Å². The molecule has 0 aliphatic rings. The molecule has 0 aliphatic heterocycles. The quantitative estimate of drug-likeness (QED) is 0.620. The Hall–Kier alpha value is -2.86. The van der Waals surface area contributed by atoms with Crippen molar-refractivity contribution in [3.63, 3.8) is 0 Å². The fourth-order valence-corrected chi connectivity index (χ4v) is 2.81. The van der Waals surface area contributed by atoms with Gasteiger partial charge in [0, 0.05) is 17.8 Å². The SMILES string of the molecule is Cc1ccccc1C(=O)NC(CC(C)C)C(=O)Nc1ccc(OCCN)cc1. The van der Waals surface area contributed by atoms with E-state index in [9.17, 15) is 9.59 Å². The van der Waals surface area contributed by atoms with E-state index >= 15 is 0 Å². The summed E-state index contributed by atoms with van der Waals surface area (Å²) in [4.78, 5) is 25.4. The monoisotopic (exact) mass is 383 g/mol. The zero-order valence-electron chi connectivity index (χ0n) is 16.7. The summed E-state index contributed by atoms with van der Waals surface area (Å²) in [5.74, 6) is 0.450. The molecule has 0 radical (unpaired) electrons. The van der Waals surface area contributed by atoms with Crippen LogP contribution in [-0.4, -0.2) is 31.0 Å². The number of hydrogen-bond donors (Lipinski definition) is 3. The third kappa shape index (κ3) is 6.39. The van der Waals surface area contributed by atoms with E-state index in [1.54, 1.807) is 30.3 Å². The second kappa shape index (κ2) is 10.5. The van der Waals surface area contributed by atoms with Gasteiger partial charge in [-0.3, -0.25) is 9.59 Å². The Labute approximate surface area is 166 Å². The fraction of sp³-hybridized carbons (Fsp3) is 0.364. The highest BCUT2D eigenvalue weighted by atomic mass is 16.5. The van der Waals surface area contributed by atoms with Crippen molar-refractivity contribution in [3.8, 4) is 5.75 Å². The first-order chi connectivity index (χ1) is 13.4. The van der Waals surface area contributed by atoms with Crippen molar-refractivity contribution in [3.05, 3.63) is 59.7 Å². The first-order valence-electron chi connectivity index (χ1n) is 9.51. The number of anilines is 1. The summed E-state index contributed by atoms with van der Waals surface area (Å²) < 4.78 is 5.43. The van der Waals surface area contributed by atoms with Gasteiger partial charge < -0.3 is 21.1 Å². The van der Waals surface area contributed by atoms with E-state index in [-0.39, 0.29) is 17.7 Å². The fourth-order valence-electron chi connectivity index (χ4n) is 2.81. The van der Waals surface area contributed by atoms with Crippen molar-refractivity contribution in [2.24, 2.45) is 11.7 Å². The molecule has 0 heterocycles. The van der Waals surface area contributed by atoms with Crippen LogP contribution in [0, 0.1) is 12.8 Å². The molecule has 150 valence electrons. The molecule has 1 atom stereocenters. The predicted molar refractivity (Wildman–Crippen MR) is 112 cm³/mol. The van der Waals surface area contributed by atoms with Crippen LogP contribution in [-0.2, 0) is 4.79 Å². The van der Waals surface area contributed by atoms with E-state index in [0.29, 0.717) is 36.6 Å². The van der Waals surface area contributed by atoms with Crippen molar-refractivity contribution >= 4 is 17.5 Å². The summed E-state index contributed by atoms with van der Waals surface area (Å²) in [7, 11) is 0. The lowest BCUT2D eigenvalue weighted by molar-refractivity contribution is -0.118. The molecule has 0 aromatic heterocycles. The molecule has 0 spiro atoms. The van der Waals surface area contributed by atoms with Crippen molar-refractivity contribution < 1.29 is 14.3 Å². The molecule has 0 bridgehead atoms. The Kier molecular flexibility index (Phi) is 8.02. The summed E-state index contributed by atoms with van der Waals surface area (Å²) in [5, 5.41) is 5.74. The molecular weight excluding hydrogens is 354 g/mol. The molecule has 1 unspecified atom stereocenters. The zero-order valence-corrected chi connectivity index (χ0v) is 16.7. The lowest BCUT2D eigenvalue weighted by atomic mass is 10.0. The maximum atomic E-state index is 12.8. The number of ether oxygens (including phenoxy) is 1. The molecule has 2 aromatic rings. The van der Waals surface area contributed by atoms with E-state index in [4.69, 9.17) is 10.5 Å². The lowest BCUT2D eigenvalue weighted by Gasteiger charge is -2.21. The first kappa shape index (κ1) is 21.4. The summed E-state index contributed by atoms with van der Waals surface area (Å²) >= 11 is 0. The summed E-state index contributed by atoms with van der Waals surface area (Å²) in [6.45, 7) is 6.79. The topological polar surface area (TPSA) is 93.5 Å². The van der Waals surface area contributed by atoms with E-state index in [1.807, 2.05) is 39.0 Å². The summed E-state index contributed by atoms with van der Waals surface area (Å²) in [6, 6.07) is 13.8. The number of nitrogens with two attached hydrogens (primary N) is 1. The molecule has 2 amide bonds. The molecule has 2 rings (SSSR count). The minimum absolute atomic E-state index is 0.244. The molecule has 2 aromatic carbocycles. The van der Waals surface area contributed by atoms with Crippen LogP contribution in [0.3, 0.4) is 0 Å². The van der Waals surface area contributed by atoms with Crippen LogP contribution in [0.5, 0.6) is 5.75 Å². The van der Waals surface area contributed by atoms with Gasteiger partial charge in [0.2, 0.25) is 5.91 Å². The number of amides is 2. The van der Waals surface area contributed by atoms with Crippen molar-refractivity contribution in [2.45, 2.75) is 33.2 Å². The van der Waals surface area contributed by atoms with E-state index in [2.05, 4.69) is 10.6 Å². The van der Waals surface area contributed by atoms with Gasteiger partial charge in [0.05, 0.1) is 0 Å². The van der Waals surface area contributed by atoms with E-state index in [1.165, 1.54) is 0 Å². The van der Waals surface area contributed by atoms with Crippen LogP contribution in [0.1, 0.15) is 36.2 Å². The van der Waals surface area contributed by atoms with Gasteiger partial charge in [-0.05, 0) is 55.2 Å². The second-order valence-corrected chi connectivity index (χ2v) is 7.12. The number of carbonyl (C=O) groups is 2. The van der Waals surface area contributed by atoms with Crippen LogP contribution < -0.4 is 21.1 Å². The zero-order chi connectivity index (χ0) is 20.5. The van der Waals surface area contributed by atoms with Crippen LogP contribution in [0.15, 0.2) is 48.5 Å². The van der Waals surface area contributed by atoms with E-state index < -0.39 is 6.04 Å². The van der Waals surface area contributed by atoms with Crippen LogP contribution >= 0.6 is 0 Å². The number of aryl methyl sites for hydroxylation is 1. The predicted octanol–water partition coefficient (Wildman–Crippen LogP) is 3.12. The highest BCUT2D eigenvalue weighted by molar-refractivity contribution is 6.01. The smallest absolute Gasteiger partial charge is 0.252 e. The Bertz CT molecular complexity index is 788. The third-order valence-electron chi connectivity index (χ3n) is 4.23. The van der Waals surface area contributed by atoms with Crippen LogP contribution in [0.2, 0.25) is 0 Å². The van der Waals surface area contributed by atoms with Crippen molar-refractivity contribution in [2.75, 3.05) is 18.5 Å². The molecule has 0 saturated heterocycles. The molecule has 0 fully saturated rings. The minimum Gasteiger partial charge on any atom is -0.492 e.